The van der Waals surface area contributed by atoms with E-state index in [4.69, 9.17) is 18.9 Å². The van der Waals surface area contributed by atoms with Crippen LogP contribution in [0.2, 0.25) is 0 Å². The lowest BCUT2D eigenvalue weighted by molar-refractivity contribution is 0.0593. The number of ether oxygens (including phenoxy) is 4. The van der Waals surface area contributed by atoms with Crippen molar-refractivity contribution in [2.75, 3.05) is 44.4 Å². The van der Waals surface area contributed by atoms with Gasteiger partial charge in [0.05, 0.1) is 62.2 Å². The third kappa shape index (κ3) is 14.0. The van der Waals surface area contributed by atoms with Gasteiger partial charge in [-0.1, -0.05) is 52.3 Å². The smallest absolute Gasteiger partial charge is 0.339 e. The van der Waals surface area contributed by atoms with E-state index in [1.807, 2.05) is 60.7 Å². The second-order valence-electron chi connectivity index (χ2n) is 14.9. The molecular weight excluding hydrogens is 968 g/mol. The zero-order valence-corrected chi connectivity index (χ0v) is 39.6. The molecule has 0 saturated heterocycles. The molecule has 0 aliphatic rings. The fourth-order valence-electron chi connectivity index (χ4n) is 6.67. The third-order valence-corrected chi connectivity index (χ3v) is 10.8. The molecule has 11 nitrogen and oxygen atoms in total. The summed E-state index contributed by atoms with van der Waals surface area (Å²) < 4.78 is 59.7. The van der Waals surface area contributed by atoms with Crippen molar-refractivity contribution in [1.82, 2.24) is 0 Å². The molecule has 0 aliphatic carbocycles. The number of methoxy groups -OCH3 is 4. The highest BCUT2D eigenvalue weighted by atomic mass is 79.9. The van der Waals surface area contributed by atoms with Crippen LogP contribution in [0.3, 0.4) is 0 Å². The van der Waals surface area contributed by atoms with Crippen LogP contribution in [-0.4, -0.2) is 51.5 Å². The molecular formula is C55H45BrF3N3O8. The summed E-state index contributed by atoms with van der Waals surface area (Å²) in [4.78, 5) is 35.2. The summed E-state index contributed by atoms with van der Waals surface area (Å²) >= 11 is 3.34. The Bertz CT molecular complexity index is 3050. The first-order valence-corrected chi connectivity index (χ1v) is 21.9. The molecule has 8 aromatic rings. The van der Waals surface area contributed by atoms with E-state index in [-0.39, 0.29) is 23.0 Å². The third-order valence-electron chi connectivity index (χ3n) is 10.3. The standard InChI is InChI=1S/C21H18FNO3.C20H16FNO3.C14H11BrFNO2/c1-25-18-10-3-14(4-11-18)15-5-12-19(21(24)26-2)20(13-15)23-17-8-6-16(22)7-9-17;1-25-17-9-2-13(3-10-17)14-4-11-18(20(23)24)19(12-14)22-16-7-5-15(21)6-8-16;1-19-14(18)12-7-2-9(15)8-13(12)17-11-5-3-10(16)4-6-11/h3-13,23H,1-2H3;2-12,22H,1H3,(H,23,24);2-8,17H,1H3. The van der Waals surface area contributed by atoms with Gasteiger partial charge in [-0.15, -0.1) is 0 Å². The van der Waals surface area contributed by atoms with Crippen molar-refractivity contribution in [2.24, 2.45) is 0 Å². The largest absolute Gasteiger partial charge is 0.497 e. The molecule has 0 aliphatic heterocycles. The van der Waals surface area contributed by atoms with Gasteiger partial charge in [0.25, 0.3) is 0 Å². The monoisotopic (exact) mass is 1010 g/mol. The summed E-state index contributed by atoms with van der Waals surface area (Å²) in [5, 5.41) is 18.7. The summed E-state index contributed by atoms with van der Waals surface area (Å²) in [6, 6.07) is 48.3. The molecule has 0 unspecified atom stereocenters. The maximum absolute atomic E-state index is 13.1. The van der Waals surface area contributed by atoms with Gasteiger partial charge in [0, 0.05) is 21.5 Å². The molecule has 8 rings (SSSR count). The molecule has 0 radical (unpaired) electrons. The van der Waals surface area contributed by atoms with E-state index in [1.54, 1.807) is 93.1 Å². The van der Waals surface area contributed by atoms with Gasteiger partial charge in [-0.3, -0.25) is 0 Å². The number of rotatable bonds is 13. The topological polar surface area (TPSA) is 144 Å². The number of anilines is 6. The predicted octanol–water partition coefficient (Wildman–Crippen LogP) is 14.1. The second-order valence-corrected chi connectivity index (χ2v) is 15.8. The molecule has 0 aromatic heterocycles. The number of carbonyl (C=O) groups excluding carboxylic acids is 2. The Labute approximate surface area is 410 Å². The first-order chi connectivity index (χ1) is 33.8. The van der Waals surface area contributed by atoms with Crippen molar-refractivity contribution in [3.8, 4) is 33.8 Å². The molecule has 0 fully saturated rings. The van der Waals surface area contributed by atoms with Gasteiger partial charge in [-0.25, -0.2) is 27.6 Å². The van der Waals surface area contributed by atoms with Gasteiger partial charge in [0.1, 0.15) is 29.0 Å². The first-order valence-electron chi connectivity index (χ1n) is 21.1. The number of halogens is 4. The van der Waals surface area contributed by atoms with E-state index in [9.17, 15) is 32.7 Å². The van der Waals surface area contributed by atoms with Crippen LogP contribution in [0.5, 0.6) is 11.5 Å². The van der Waals surface area contributed by atoms with Gasteiger partial charge in [-0.2, -0.15) is 0 Å². The van der Waals surface area contributed by atoms with Crippen molar-refractivity contribution in [3.63, 3.8) is 0 Å². The summed E-state index contributed by atoms with van der Waals surface area (Å²) in [5.74, 6) is -1.39. The predicted molar refractivity (Wildman–Crippen MR) is 270 cm³/mol. The number of esters is 2. The van der Waals surface area contributed by atoms with Crippen LogP contribution in [0.15, 0.2) is 180 Å². The lowest BCUT2D eigenvalue weighted by Gasteiger charge is -2.13. The highest BCUT2D eigenvalue weighted by Crippen LogP contribution is 2.32. The average molecular weight is 1010 g/mol. The highest BCUT2D eigenvalue weighted by Gasteiger charge is 2.16. The average Bonchev–Trinajstić information content (AvgIpc) is 3.38. The Morgan fingerprint density at radius 1 is 0.414 bits per heavy atom. The first kappa shape index (κ1) is 50.8. The van der Waals surface area contributed by atoms with Crippen LogP contribution in [0.25, 0.3) is 22.3 Å². The fraction of sp³-hybridized carbons (Fsp3) is 0.0727. The van der Waals surface area contributed by atoms with Crippen LogP contribution < -0.4 is 25.4 Å². The number of aromatic carboxylic acids is 1. The Kier molecular flexibility index (Phi) is 17.8. The zero-order chi connectivity index (χ0) is 50.2. The van der Waals surface area contributed by atoms with Gasteiger partial charge in [-0.05, 0) is 162 Å². The Balaban J connectivity index is 0.000000174. The molecule has 15 heteroatoms. The molecule has 8 aromatic carbocycles. The molecule has 0 spiro atoms. The van der Waals surface area contributed by atoms with E-state index < -0.39 is 17.9 Å². The van der Waals surface area contributed by atoms with Gasteiger partial charge >= 0.3 is 17.9 Å². The number of carboxylic acids is 1. The van der Waals surface area contributed by atoms with E-state index in [1.165, 1.54) is 50.6 Å². The minimum atomic E-state index is -1.04. The number of carbonyl (C=O) groups is 3. The number of benzene rings is 8. The number of carboxylic acid groups (broad SMARTS) is 1. The summed E-state index contributed by atoms with van der Waals surface area (Å²) in [6.07, 6.45) is 0. The maximum atomic E-state index is 13.1. The number of hydrogen-bond acceptors (Lipinski definition) is 10. The number of nitrogens with one attached hydrogen (secondary N) is 3. The quantitative estimate of drug-likeness (QED) is 0.0819. The molecule has 0 heterocycles. The number of hydrogen-bond donors (Lipinski definition) is 4. The van der Waals surface area contributed by atoms with E-state index in [0.29, 0.717) is 45.3 Å². The maximum Gasteiger partial charge on any atom is 0.339 e. The molecule has 4 N–H and O–H groups in total. The zero-order valence-electron chi connectivity index (χ0n) is 38.1. The van der Waals surface area contributed by atoms with E-state index in [0.717, 1.165) is 38.2 Å². The molecule has 70 heavy (non-hydrogen) atoms. The Morgan fingerprint density at radius 2 is 0.729 bits per heavy atom. The molecule has 356 valence electrons. The van der Waals surface area contributed by atoms with Gasteiger partial charge in [0.2, 0.25) is 0 Å². The minimum absolute atomic E-state index is 0.140. The normalized spacial score (nSPS) is 10.2. The van der Waals surface area contributed by atoms with Crippen molar-refractivity contribution in [2.45, 2.75) is 0 Å². The fourth-order valence-corrected chi connectivity index (χ4v) is 7.03. The second kappa shape index (κ2) is 24.5. The lowest BCUT2D eigenvalue weighted by Crippen LogP contribution is -2.06. The SMILES string of the molecule is COC(=O)c1ccc(-c2ccc(OC)cc2)cc1Nc1ccc(F)cc1.COC(=O)c1ccc(Br)cc1Nc1ccc(F)cc1.COc1ccc(-c2ccc(C(=O)O)c(Nc3ccc(F)cc3)c2)cc1. The van der Waals surface area contributed by atoms with E-state index >= 15 is 0 Å². The van der Waals surface area contributed by atoms with Gasteiger partial charge < -0.3 is 40.0 Å². The lowest BCUT2D eigenvalue weighted by atomic mass is 10.0. The van der Waals surface area contributed by atoms with Crippen LogP contribution >= 0.6 is 15.9 Å². The van der Waals surface area contributed by atoms with Crippen LogP contribution in [0, 0.1) is 17.5 Å². The van der Waals surface area contributed by atoms with E-state index in [2.05, 4.69) is 31.9 Å². The summed E-state index contributed by atoms with van der Waals surface area (Å²) in [6.45, 7) is 0. The van der Waals surface area contributed by atoms with Crippen LogP contribution in [0.1, 0.15) is 31.1 Å². The van der Waals surface area contributed by atoms with Crippen molar-refractivity contribution >= 4 is 68.0 Å². The Morgan fingerprint density at radius 3 is 1.07 bits per heavy atom. The highest BCUT2D eigenvalue weighted by molar-refractivity contribution is 9.10. The molecule has 0 amide bonds. The molecule has 0 atom stereocenters. The van der Waals surface area contributed by atoms with Crippen LogP contribution in [-0.2, 0) is 9.47 Å². The van der Waals surface area contributed by atoms with Crippen molar-refractivity contribution in [1.29, 1.82) is 0 Å². The Hall–Kier alpha value is -8.56. The molecule has 0 bridgehead atoms. The van der Waals surface area contributed by atoms with Gasteiger partial charge in [0.15, 0.2) is 0 Å². The van der Waals surface area contributed by atoms with Crippen molar-refractivity contribution < 1.29 is 51.6 Å². The summed E-state index contributed by atoms with van der Waals surface area (Å²) in [7, 11) is 5.87. The summed E-state index contributed by atoms with van der Waals surface area (Å²) in [5.41, 5.74) is 8.21. The van der Waals surface area contributed by atoms with Crippen molar-refractivity contribution in [3.05, 3.63) is 215 Å². The minimum Gasteiger partial charge on any atom is -0.497 e. The van der Waals surface area contributed by atoms with Crippen LogP contribution in [0.4, 0.5) is 47.3 Å². The molecule has 0 saturated carbocycles.